The zero-order valence-corrected chi connectivity index (χ0v) is 16.0. The number of benzene rings is 1. The number of alkyl halides is 1. The van der Waals surface area contributed by atoms with Crippen molar-refractivity contribution < 1.29 is 29.0 Å². The van der Waals surface area contributed by atoms with Crippen molar-refractivity contribution in [1.82, 2.24) is 19.5 Å². The van der Waals surface area contributed by atoms with Gasteiger partial charge < -0.3 is 25.4 Å². The number of nitro benzene ring substituents is 1. The molecule has 1 aromatic carbocycles. The van der Waals surface area contributed by atoms with Gasteiger partial charge in [-0.15, -0.1) is 0 Å². The normalized spacial score (nSPS) is 23.3. The van der Waals surface area contributed by atoms with Gasteiger partial charge in [-0.3, -0.25) is 14.7 Å². The van der Waals surface area contributed by atoms with E-state index in [1.54, 1.807) is 12.1 Å². The Balaban J connectivity index is 1.52. The number of hydrogen-bond donors (Lipinski definition) is 3. The Hall–Kier alpha value is -3.42. The minimum Gasteiger partial charge on any atom is -0.476 e. The molecule has 4 atom stereocenters. The van der Waals surface area contributed by atoms with Crippen LogP contribution in [0.4, 0.5) is 16.0 Å². The summed E-state index contributed by atoms with van der Waals surface area (Å²) >= 11 is 0. The molecule has 4 rings (SSSR count). The van der Waals surface area contributed by atoms with E-state index in [-0.39, 0.29) is 35.3 Å². The van der Waals surface area contributed by atoms with Crippen LogP contribution < -0.4 is 10.5 Å². The van der Waals surface area contributed by atoms with Gasteiger partial charge in [0.1, 0.15) is 12.2 Å². The fraction of sp³-hybridized carbons (Fsp3) is 0.389. The highest BCUT2D eigenvalue weighted by Crippen LogP contribution is 2.34. The monoisotopic (exact) mass is 434 g/mol. The number of rotatable bonds is 7. The summed E-state index contributed by atoms with van der Waals surface area (Å²) in [5, 5.41) is 29.8. The van der Waals surface area contributed by atoms with Gasteiger partial charge in [0.05, 0.1) is 24.5 Å². The number of aromatic nitrogens is 4. The van der Waals surface area contributed by atoms with Gasteiger partial charge in [0.2, 0.25) is 11.8 Å². The SMILES string of the molecule is Nc1nc(OCCc2ccc([N+](=O)[O-])cc2)c2ncn([C@@H]3O[C@H](CO)[C@@H](O)[C@H]3F)c2n1. The predicted molar refractivity (Wildman–Crippen MR) is 104 cm³/mol. The zero-order valence-electron chi connectivity index (χ0n) is 16.0. The minimum absolute atomic E-state index is 0.00524. The molecular formula is C18H19FN6O6. The van der Waals surface area contributed by atoms with Crippen molar-refractivity contribution in [3.63, 3.8) is 0 Å². The van der Waals surface area contributed by atoms with Crippen LogP contribution in [0.25, 0.3) is 11.2 Å². The van der Waals surface area contributed by atoms with Crippen LogP contribution in [0.5, 0.6) is 5.88 Å². The number of nitrogen functional groups attached to an aromatic ring is 1. The molecule has 12 nitrogen and oxygen atoms in total. The first-order valence-corrected chi connectivity index (χ1v) is 9.33. The maximum absolute atomic E-state index is 14.5. The van der Waals surface area contributed by atoms with Crippen molar-refractivity contribution in [2.45, 2.75) is 31.0 Å². The minimum atomic E-state index is -1.81. The van der Waals surface area contributed by atoms with E-state index in [0.29, 0.717) is 6.42 Å². The summed E-state index contributed by atoms with van der Waals surface area (Å²) in [6.45, 7) is -0.369. The van der Waals surface area contributed by atoms with Crippen LogP contribution in [0.15, 0.2) is 30.6 Å². The Labute approximate surface area is 174 Å². The highest BCUT2D eigenvalue weighted by atomic mass is 19.1. The molecule has 0 aliphatic carbocycles. The number of fused-ring (bicyclic) bond motifs is 1. The molecule has 1 saturated heterocycles. The van der Waals surface area contributed by atoms with Crippen LogP contribution in [0.1, 0.15) is 11.8 Å². The maximum atomic E-state index is 14.5. The molecule has 164 valence electrons. The van der Waals surface area contributed by atoms with Gasteiger partial charge in [-0.05, 0) is 5.56 Å². The first kappa shape index (κ1) is 20.8. The van der Waals surface area contributed by atoms with Gasteiger partial charge in [-0.1, -0.05) is 12.1 Å². The summed E-state index contributed by atoms with van der Waals surface area (Å²) in [7, 11) is 0. The number of anilines is 1. The van der Waals surface area contributed by atoms with E-state index in [0.717, 1.165) is 5.56 Å². The molecule has 0 unspecified atom stereocenters. The Morgan fingerprint density at radius 1 is 1.32 bits per heavy atom. The van der Waals surface area contributed by atoms with Gasteiger partial charge in [0.25, 0.3) is 5.69 Å². The van der Waals surface area contributed by atoms with Gasteiger partial charge in [-0.25, -0.2) is 9.37 Å². The highest BCUT2D eigenvalue weighted by molar-refractivity contribution is 5.77. The number of halogens is 1. The average molecular weight is 434 g/mol. The third kappa shape index (κ3) is 3.97. The smallest absolute Gasteiger partial charge is 0.269 e. The van der Waals surface area contributed by atoms with Crippen LogP contribution in [-0.2, 0) is 11.2 Å². The molecule has 0 saturated carbocycles. The number of imidazole rings is 1. The number of nitrogens with two attached hydrogens (primary N) is 1. The van der Waals surface area contributed by atoms with E-state index in [1.807, 2.05) is 0 Å². The summed E-state index contributed by atoms with van der Waals surface area (Å²) in [4.78, 5) is 22.5. The second-order valence-electron chi connectivity index (χ2n) is 6.92. The quantitative estimate of drug-likeness (QED) is 0.352. The molecule has 0 spiro atoms. The lowest BCUT2D eigenvalue weighted by Gasteiger charge is -2.15. The van der Waals surface area contributed by atoms with Crippen molar-refractivity contribution in [1.29, 1.82) is 0 Å². The fourth-order valence-corrected chi connectivity index (χ4v) is 3.32. The predicted octanol–water partition coefficient (Wildman–Crippen LogP) is 0.527. The Bertz CT molecular complexity index is 1090. The van der Waals surface area contributed by atoms with Crippen LogP contribution in [-0.4, -0.2) is 66.2 Å². The number of nitro groups is 1. The average Bonchev–Trinajstić information content (AvgIpc) is 3.29. The lowest BCUT2D eigenvalue weighted by atomic mass is 10.1. The molecule has 3 heterocycles. The van der Waals surface area contributed by atoms with E-state index in [2.05, 4.69) is 15.0 Å². The molecular weight excluding hydrogens is 415 g/mol. The van der Waals surface area contributed by atoms with E-state index >= 15 is 0 Å². The summed E-state index contributed by atoms with van der Waals surface area (Å²) < 4.78 is 26.8. The third-order valence-corrected chi connectivity index (χ3v) is 4.93. The molecule has 0 bridgehead atoms. The standard InChI is InChI=1S/C18H19FN6O6/c19-12-14(27)11(7-26)31-17(12)24-8-21-13-15(24)22-18(20)23-16(13)30-6-5-9-1-3-10(4-2-9)25(28)29/h1-4,8,11-12,14,17,26-27H,5-7H2,(H2,20,22,23)/t11-,12-,14-,17-/m1/s1. The number of hydrogen-bond acceptors (Lipinski definition) is 10. The number of non-ortho nitro benzene ring substituents is 1. The second kappa shape index (κ2) is 8.37. The van der Waals surface area contributed by atoms with Crippen LogP contribution in [0, 0.1) is 10.1 Å². The Morgan fingerprint density at radius 2 is 2.06 bits per heavy atom. The molecule has 1 fully saturated rings. The Morgan fingerprint density at radius 3 is 2.71 bits per heavy atom. The lowest BCUT2D eigenvalue weighted by molar-refractivity contribution is -0.384. The summed E-state index contributed by atoms with van der Waals surface area (Å²) in [6, 6.07) is 6.06. The van der Waals surface area contributed by atoms with Crippen molar-refractivity contribution in [2.24, 2.45) is 0 Å². The fourth-order valence-electron chi connectivity index (χ4n) is 3.32. The Kier molecular flexibility index (Phi) is 5.63. The number of aliphatic hydroxyl groups is 2. The van der Waals surface area contributed by atoms with E-state index < -0.39 is 36.1 Å². The van der Waals surface area contributed by atoms with Crippen molar-refractivity contribution >= 4 is 22.8 Å². The topological polar surface area (TPSA) is 172 Å². The molecule has 31 heavy (non-hydrogen) atoms. The molecule has 0 amide bonds. The summed E-state index contributed by atoms with van der Waals surface area (Å²) in [6.07, 6.45) is -3.92. The first-order valence-electron chi connectivity index (χ1n) is 9.33. The molecule has 0 radical (unpaired) electrons. The molecule has 1 aliphatic rings. The van der Waals surface area contributed by atoms with Crippen LogP contribution in [0.3, 0.4) is 0 Å². The van der Waals surface area contributed by atoms with Gasteiger partial charge in [0, 0.05) is 18.6 Å². The first-order chi connectivity index (χ1) is 14.9. The summed E-state index contributed by atoms with van der Waals surface area (Å²) in [5.74, 6) is -0.0527. The highest BCUT2D eigenvalue weighted by Gasteiger charge is 2.45. The van der Waals surface area contributed by atoms with Crippen LogP contribution in [0.2, 0.25) is 0 Å². The summed E-state index contributed by atoms with van der Waals surface area (Å²) in [5.41, 5.74) is 6.94. The molecule has 13 heteroatoms. The number of ether oxygens (including phenoxy) is 2. The number of nitrogens with zero attached hydrogens (tertiary/aromatic N) is 5. The van der Waals surface area contributed by atoms with Crippen molar-refractivity contribution in [2.75, 3.05) is 18.9 Å². The molecule has 4 N–H and O–H groups in total. The second-order valence-corrected chi connectivity index (χ2v) is 6.92. The van der Waals surface area contributed by atoms with E-state index in [9.17, 15) is 24.7 Å². The zero-order chi connectivity index (χ0) is 22.1. The largest absolute Gasteiger partial charge is 0.476 e. The van der Waals surface area contributed by atoms with Crippen LogP contribution >= 0.6 is 0 Å². The van der Waals surface area contributed by atoms with Gasteiger partial charge >= 0.3 is 0 Å². The number of aliphatic hydroxyl groups excluding tert-OH is 2. The third-order valence-electron chi connectivity index (χ3n) is 4.93. The van der Waals surface area contributed by atoms with Crippen molar-refractivity contribution in [3.05, 3.63) is 46.3 Å². The van der Waals surface area contributed by atoms with Crippen molar-refractivity contribution in [3.8, 4) is 5.88 Å². The maximum Gasteiger partial charge on any atom is 0.269 e. The van der Waals surface area contributed by atoms with Gasteiger partial charge in [0.15, 0.2) is 23.6 Å². The molecule has 2 aromatic heterocycles. The lowest BCUT2D eigenvalue weighted by Crippen LogP contribution is -2.30. The van der Waals surface area contributed by atoms with E-state index in [1.165, 1.54) is 23.0 Å². The van der Waals surface area contributed by atoms with Gasteiger partial charge in [-0.2, -0.15) is 9.97 Å². The molecule has 1 aliphatic heterocycles. The van der Waals surface area contributed by atoms with E-state index in [4.69, 9.17) is 15.2 Å². The molecule has 3 aromatic rings.